The number of hydrogen-bond donors (Lipinski definition) is 2. The molecule has 0 heterocycles. The molecule has 3 nitrogen and oxygen atoms in total. The van der Waals surface area contributed by atoms with E-state index in [2.05, 4.69) is 20.8 Å². The monoisotopic (exact) mass is 536 g/mol. The third-order valence-corrected chi connectivity index (χ3v) is 16.5. The molecule has 0 spiro atoms. The molecule has 35 heavy (non-hydrogen) atoms. The zero-order valence-corrected chi connectivity index (χ0v) is 26.0. The van der Waals surface area contributed by atoms with Crippen LogP contribution in [-0.2, 0) is 4.57 Å². The van der Waals surface area contributed by atoms with Gasteiger partial charge in [-0.05, 0) is 36.5 Å². The van der Waals surface area contributed by atoms with E-state index in [4.69, 9.17) is 0 Å². The van der Waals surface area contributed by atoms with Gasteiger partial charge in [0, 0.05) is 0 Å². The summed E-state index contributed by atoms with van der Waals surface area (Å²) in [5.74, 6) is 2.41. The van der Waals surface area contributed by atoms with E-state index in [1.165, 1.54) is 116 Å². The van der Waals surface area contributed by atoms with Gasteiger partial charge in [0.1, 0.15) is 0 Å². The quantitative estimate of drug-likeness (QED) is 0.0772. The highest BCUT2D eigenvalue weighted by atomic mass is 32.8. The fraction of sp³-hybridized carbons (Fsp3) is 1.00. The van der Waals surface area contributed by atoms with Crippen molar-refractivity contribution < 1.29 is 14.4 Å². The molecule has 2 N–H and O–H groups in total. The summed E-state index contributed by atoms with van der Waals surface area (Å²) < 4.78 is 12.9. The summed E-state index contributed by atoms with van der Waals surface area (Å²) in [6, 6.07) is 0. The first-order valence-electron chi connectivity index (χ1n) is 15.8. The molecule has 0 saturated heterocycles. The van der Waals surface area contributed by atoms with E-state index < -0.39 is 16.4 Å². The first-order valence-corrected chi connectivity index (χ1v) is 20.1. The van der Waals surface area contributed by atoms with Crippen molar-refractivity contribution in [3.05, 3.63) is 0 Å². The molecule has 0 aromatic heterocycles. The minimum absolute atomic E-state index is 0.805. The van der Waals surface area contributed by atoms with Crippen LogP contribution in [0.5, 0.6) is 0 Å². The van der Waals surface area contributed by atoms with Gasteiger partial charge in [0.25, 0.3) is 0 Å². The first kappa shape index (κ1) is 35.5. The van der Waals surface area contributed by atoms with Gasteiger partial charge in [-0.2, -0.15) is 0 Å². The zero-order chi connectivity index (χ0) is 26.1. The van der Waals surface area contributed by atoms with E-state index in [0.717, 1.165) is 55.8 Å². The fourth-order valence-corrected chi connectivity index (χ4v) is 12.0. The lowest BCUT2D eigenvalue weighted by Gasteiger charge is -2.40. The molecule has 0 unspecified atom stereocenters. The molecular weight excluding hydrogens is 471 g/mol. The minimum atomic E-state index is -4.03. The zero-order valence-electron chi connectivity index (χ0n) is 24.3. The van der Waals surface area contributed by atoms with Crippen molar-refractivity contribution in [3.63, 3.8) is 0 Å². The molecule has 0 fully saturated rings. The highest BCUT2D eigenvalue weighted by Crippen LogP contribution is 2.78. The molecule has 0 aliphatic carbocycles. The molecule has 0 bridgehead atoms. The Morgan fingerprint density at radius 2 is 0.600 bits per heavy atom. The van der Waals surface area contributed by atoms with Crippen LogP contribution in [0.25, 0.3) is 0 Å². The Kier molecular flexibility index (Phi) is 25.2. The average molecular weight is 537 g/mol. The molecular formula is C30H65O3PS. The summed E-state index contributed by atoms with van der Waals surface area (Å²) >= 11 is 0. The fourth-order valence-electron chi connectivity index (χ4n) is 5.18. The van der Waals surface area contributed by atoms with Gasteiger partial charge in [0.2, 0.25) is 0 Å². The van der Waals surface area contributed by atoms with Crippen LogP contribution < -0.4 is 0 Å². The maximum Gasteiger partial charge on any atom is 0.366 e. The summed E-state index contributed by atoms with van der Waals surface area (Å²) in [5.41, 5.74) is 0. The number of hydrogen-bond acceptors (Lipinski definition) is 1. The molecule has 0 aliphatic rings. The Labute approximate surface area is 222 Å². The van der Waals surface area contributed by atoms with Gasteiger partial charge in [-0.15, -0.1) is 9.65 Å². The van der Waals surface area contributed by atoms with Gasteiger partial charge in [0.15, 0.2) is 0 Å². The average Bonchev–Trinajstić information content (AvgIpc) is 2.82. The lowest BCUT2D eigenvalue weighted by molar-refractivity contribution is 0.395. The predicted molar refractivity (Wildman–Crippen MR) is 162 cm³/mol. The third kappa shape index (κ3) is 20.2. The Balaban J connectivity index is 4.62. The van der Waals surface area contributed by atoms with E-state index in [-0.39, 0.29) is 0 Å². The smallest absolute Gasteiger partial charge is 0.318 e. The second-order valence-electron chi connectivity index (χ2n) is 11.0. The van der Waals surface area contributed by atoms with E-state index in [1.807, 2.05) is 0 Å². The van der Waals surface area contributed by atoms with Crippen LogP contribution in [0.3, 0.4) is 0 Å². The van der Waals surface area contributed by atoms with Gasteiger partial charge in [-0.3, -0.25) is 0 Å². The number of unbranched alkanes of at least 4 members (excludes halogenated alkanes) is 21. The summed E-state index contributed by atoms with van der Waals surface area (Å²) in [7, 11) is -1.85. The number of rotatable bonds is 28. The molecule has 0 atom stereocenters. The highest BCUT2D eigenvalue weighted by Gasteiger charge is 2.39. The maximum absolute atomic E-state index is 12.9. The van der Waals surface area contributed by atoms with Crippen LogP contribution >= 0.6 is 16.4 Å². The molecule has 0 amide bonds. The van der Waals surface area contributed by atoms with Crippen molar-refractivity contribution in [2.75, 3.05) is 17.3 Å². The van der Waals surface area contributed by atoms with E-state index >= 15 is 0 Å². The van der Waals surface area contributed by atoms with Gasteiger partial charge < -0.3 is 9.79 Å². The second kappa shape index (κ2) is 24.8. The lowest BCUT2D eigenvalue weighted by atomic mass is 10.1. The molecule has 0 aliphatic heterocycles. The van der Waals surface area contributed by atoms with Crippen molar-refractivity contribution in [1.82, 2.24) is 0 Å². The van der Waals surface area contributed by atoms with Gasteiger partial charge in [-0.1, -0.05) is 156 Å². The standard InChI is InChI=1S/C30H65O3PS/c1-4-7-10-13-16-19-22-25-28-35(34(31,32)33,29-26-23-20-17-14-11-8-5-2)30-27-24-21-18-15-12-9-6-3/h4-30H2,1-3H3,(H2,31,32,33). The summed E-state index contributed by atoms with van der Waals surface area (Å²) in [5, 5.41) is 0. The van der Waals surface area contributed by atoms with Crippen LogP contribution in [0.4, 0.5) is 0 Å². The Morgan fingerprint density at radius 3 is 0.800 bits per heavy atom. The third-order valence-electron chi connectivity index (χ3n) is 7.64. The van der Waals surface area contributed by atoms with Crippen molar-refractivity contribution in [2.24, 2.45) is 0 Å². The highest BCUT2D eigenvalue weighted by molar-refractivity contribution is 8.76. The van der Waals surface area contributed by atoms with Crippen molar-refractivity contribution >= 4 is 16.4 Å². The van der Waals surface area contributed by atoms with Gasteiger partial charge in [0.05, 0.1) is 0 Å². The molecule has 5 heteroatoms. The first-order chi connectivity index (χ1) is 16.9. The lowest BCUT2D eigenvalue weighted by Crippen LogP contribution is -2.15. The van der Waals surface area contributed by atoms with Crippen molar-refractivity contribution in [1.29, 1.82) is 0 Å². The minimum Gasteiger partial charge on any atom is -0.318 e. The molecule has 0 aromatic rings. The Morgan fingerprint density at radius 1 is 0.400 bits per heavy atom. The summed E-state index contributed by atoms with van der Waals surface area (Å²) in [6.45, 7) is 2.73. The SMILES string of the molecule is CCCCCCCCCCS(CCCCCCCCCC)(CCCCCCCCCC)P(=O)(O)O. The second-order valence-corrected chi connectivity index (χ2v) is 19.0. The van der Waals surface area contributed by atoms with E-state index in [0.29, 0.717) is 0 Å². The van der Waals surface area contributed by atoms with Crippen LogP contribution in [0.1, 0.15) is 175 Å². The Hall–Kier alpha value is 0.500. The molecule has 0 radical (unpaired) electrons. The van der Waals surface area contributed by atoms with Crippen LogP contribution in [-0.4, -0.2) is 27.0 Å². The molecule has 0 rings (SSSR count). The molecule has 0 saturated carbocycles. The topological polar surface area (TPSA) is 57.5 Å². The summed E-state index contributed by atoms with van der Waals surface area (Å²) in [6.07, 6.45) is 29.9. The normalized spacial score (nSPS) is 12.9. The van der Waals surface area contributed by atoms with Crippen LogP contribution in [0.2, 0.25) is 0 Å². The van der Waals surface area contributed by atoms with E-state index in [9.17, 15) is 14.4 Å². The molecule has 214 valence electrons. The van der Waals surface area contributed by atoms with E-state index in [1.54, 1.807) is 0 Å². The van der Waals surface area contributed by atoms with Gasteiger partial charge >= 0.3 is 6.80 Å². The largest absolute Gasteiger partial charge is 0.366 e. The van der Waals surface area contributed by atoms with Gasteiger partial charge in [-0.25, -0.2) is 4.57 Å². The maximum atomic E-state index is 12.9. The Bertz CT molecular complexity index is 430. The predicted octanol–water partition coefficient (Wildman–Crippen LogP) is 11.3. The van der Waals surface area contributed by atoms with Crippen molar-refractivity contribution in [3.8, 4) is 0 Å². The molecule has 0 aromatic carbocycles. The van der Waals surface area contributed by atoms with Crippen LogP contribution in [0, 0.1) is 0 Å². The summed E-state index contributed by atoms with van der Waals surface area (Å²) in [4.78, 5) is 21.2. The van der Waals surface area contributed by atoms with Crippen LogP contribution in [0.15, 0.2) is 0 Å². The van der Waals surface area contributed by atoms with Crippen molar-refractivity contribution in [2.45, 2.75) is 175 Å².